The minimum atomic E-state index is 0.144. The molecule has 35 heavy (non-hydrogen) atoms. The fourth-order valence-electron chi connectivity index (χ4n) is 5.16. The van der Waals surface area contributed by atoms with Crippen LogP contribution in [0.3, 0.4) is 0 Å². The zero-order chi connectivity index (χ0) is 24.4. The van der Waals surface area contributed by atoms with E-state index in [9.17, 15) is 5.11 Å². The molecule has 0 atom stereocenters. The second-order valence-corrected chi connectivity index (χ2v) is 8.92. The predicted molar refractivity (Wildman–Crippen MR) is 140 cm³/mol. The highest BCUT2D eigenvalue weighted by molar-refractivity contribution is 5.86. The zero-order valence-electron chi connectivity index (χ0n) is 20.5. The molecule has 180 valence electrons. The third-order valence-electron chi connectivity index (χ3n) is 7.02. The molecule has 1 aliphatic heterocycles. The lowest BCUT2D eigenvalue weighted by Crippen LogP contribution is -2.32. The van der Waals surface area contributed by atoms with Gasteiger partial charge in [0.2, 0.25) is 0 Å². The molecule has 0 spiro atoms. The van der Waals surface area contributed by atoms with Gasteiger partial charge in [0, 0.05) is 36.8 Å². The van der Waals surface area contributed by atoms with E-state index >= 15 is 0 Å². The van der Waals surface area contributed by atoms with Gasteiger partial charge in [-0.25, -0.2) is 0 Å². The molecule has 1 heterocycles. The minimum absolute atomic E-state index is 0.144. The van der Waals surface area contributed by atoms with Crippen LogP contribution >= 0.6 is 0 Å². The van der Waals surface area contributed by atoms with Crippen molar-refractivity contribution in [3.63, 3.8) is 0 Å². The number of hydrogen-bond donors (Lipinski definition) is 1. The van der Waals surface area contributed by atoms with E-state index in [0.29, 0.717) is 17.2 Å². The lowest BCUT2D eigenvalue weighted by atomic mass is 9.89. The average Bonchev–Trinajstić information content (AvgIpc) is 2.91. The van der Waals surface area contributed by atoms with Crippen molar-refractivity contribution in [3.8, 4) is 34.1 Å². The Morgan fingerprint density at radius 2 is 1.66 bits per heavy atom. The third kappa shape index (κ3) is 4.40. The van der Waals surface area contributed by atoms with Gasteiger partial charge in [0.1, 0.15) is 11.5 Å². The molecule has 0 radical (unpaired) electrons. The maximum Gasteiger partial charge on any atom is 0.166 e. The second-order valence-electron chi connectivity index (χ2n) is 8.92. The van der Waals surface area contributed by atoms with E-state index in [1.807, 2.05) is 24.3 Å². The van der Waals surface area contributed by atoms with Crippen molar-refractivity contribution in [3.05, 3.63) is 83.4 Å². The Kier molecular flexibility index (Phi) is 6.51. The summed E-state index contributed by atoms with van der Waals surface area (Å²) in [7, 11) is 4.86. The first-order valence-corrected chi connectivity index (χ1v) is 12.0. The summed E-state index contributed by atoms with van der Waals surface area (Å²) < 4.78 is 16.6. The molecule has 0 saturated carbocycles. The Morgan fingerprint density at radius 1 is 0.857 bits per heavy atom. The highest BCUT2D eigenvalue weighted by atomic mass is 16.5. The topological polar surface area (TPSA) is 51.2 Å². The number of phenols is 1. The van der Waals surface area contributed by atoms with Crippen LogP contribution < -0.4 is 14.2 Å². The first kappa shape index (κ1) is 23.1. The van der Waals surface area contributed by atoms with Gasteiger partial charge in [0.15, 0.2) is 11.5 Å². The van der Waals surface area contributed by atoms with E-state index < -0.39 is 0 Å². The molecule has 4 aromatic rings. The number of rotatable bonds is 7. The molecule has 0 bridgehead atoms. The average molecular weight is 470 g/mol. The highest BCUT2D eigenvalue weighted by Gasteiger charge is 2.26. The first-order chi connectivity index (χ1) is 17.1. The molecule has 1 N–H and O–H groups in total. The van der Waals surface area contributed by atoms with Gasteiger partial charge >= 0.3 is 0 Å². The molecule has 5 nitrogen and oxygen atoms in total. The van der Waals surface area contributed by atoms with E-state index in [1.54, 1.807) is 21.3 Å². The van der Waals surface area contributed by atoms with Crippen molar-refractivity contribution >= 4 is 10.8 Å². The summed E-state index contributed by atoms with van der Waals surface area (Å²) in [5.74, 6) is 1.99. The molecule has 5 rings (SSSR count). The van der Waals surface area contributed by atoms with Crippen LogP contribution in [-0.2, 0) is 19.4 Å². The maximum absolute atomic E-state index is 11.2. The van der Waals surface area contributed by atoms with Gasteiger partial charge < -0.3 is 19.3 Å². The zero-order valence-corrected chi connectivity index (χ0v) is 20.5. The fourth-order valence-corrected chi connectivity index (χ4v) is 5.16. The number of ether oxygens (including phenoxy) is 3. The van der Waals surface area contributed by atoms with Crippen molar-refractivity contribution in [2.45, 2.75) is 19.4 Å². The number of fused-ring (bicyclic) bond motifs is 2. The van der Waals surface area contributed by atoms with E-state index in [4.69, 9.17) is 14.2 Å². The predicted octanol–water partition coefficient (Wildman–Crippen LogP) is 5.84. The summed E-state index contributed by atoms with van der Waals surface area (Å²) in [6, 6.07) is 22.8. The molecule has 1 aliphatic rings. The molecular weight excluding hydrogens is 438 g/mol. The molecule has 0 aliphatic carbocycles. The van der Waals surface area contributed by atoms with Gasteiger partial charge in [-0.3, -0.25) is 4.90 Å². The number of hydrogen-bond acceptors (Lipinski definition) is 5. The highest BCUT2D eigenvalue weighted by Crippen LogP contribution is 2.47. The quantitative estimate of drug-likeness (QED) is 0.369. The van der Waals surface area contributed by atoms with Gasteiger partial charge in [-0.2, -0.15) is 0 Å². The van der Waals surface area contributed by atoms with Gasteiger partial charge in [-0.05, 0) is 58.5 Å². The summed E-state index contributed by atoms with van der Waals surface area (Å²) in [6.07, 6.45) is 1.87. The summed E-state index contributed by atoms with van der Waals surface area (Å²) in [4.78, 5) is 2.47. The molecule has 0 aromatic heterocycles. The summed E-state index contributed by atoms with van der Waals surface area (Å²) in [5.41, 5.74) is 5.29. The van der Waals surface area contributed by atoms with Crippen molar-refractivity contribution in [2.24, 2.45) is 0 Å². The summed E-state index contributed by atoms with van der Waals surface area (Å²) in [5, 5.41) is 13.8. The van der Waals surface area contributed by atoms with Crippen LogP contribution in [0.1, 0.15) is 16.7 Å². The summed E-state index contributed by atoms with van der Waals surface area (Å²) >= 11 is 0. The van der Waals surface area contributed by atoms with Crippen LogP contribution in [0.2, 0.25) is 0 Å². The Hall–Kier alpha value is -3.70. The molecule has 4 aromatic carbocycles. The van der Waals surface area contributed by atoms with Crippen molar-refractivity contribution in [2.75, 3.05) is 34.4 Å². The van der Waals surface area contributed by atoms with E-state index in [0.717, 1.165) is 49.2 Å². The number of phenolic OH excluding ortho intramolecular Hbond substituents is 1. The third-order valence-corrected chi connectivity index (χ3v) is 7.02. The molecule has 0 unspecified atom stereocenters. The van der Waals surface area contributed by atoms with E-state index in [1.165, 1.54) is 21.9 Å². The fraction of sp³-hybridized carbons (Fsp3) is 0.267. The smallest absolute Gasteiger partial charge is 0.166 e. The molecule has 0 saturated heterocycles. The largest absolute Gasteiger partial charge is 0.504 e. The van der Waals surface area contributed by atoms with Crippen molar-refractivity contribution in [1.82, 2.24) is 4.90 Å². The maximum atomic E-state index is 11.2. The minimum Gasteiger partial charge on any atom is -0.504 e. The normalized spacial score (nSPS) is 13.5. The summed E-state index contributed by atoms with van der Waals surface area (Å²) in [6.45, 7) is 2.66. The lowest BCUT2D eigenvalue weighted by Gasteiger charge is -2.31. The van der Waals surface area contributed by atoms with Gasteiger partial charge in [0.25, 0.3) is 0 Å². The molecule has 0 amide bonds. The van der Waals surface area contributed by atoms with Crippen LogP contribution in [0.15, 0.2) is 66.7 Å². The Labute approximate surface area is 206 Å². The van der Waals surface area contributed by atoms with Crippen molar-refractivity contribution in [1.29, 1.82) is 0 Å². The van der Waals surface area contributed by atoms with Crippen LogP contribution in [0.5, 0.6) is 23.0 Å². The Morgan fingerprint density at radius 3 is 2.46 bits per heavy atom. The second kappa shape index (κ2) is 9.88. The van der Waals surface area contributed by atoms with Gasteiger partial charge in [-0.1, -0.05) is 42.5 Å². The standard InChI is InChI=1S/C30H31NO4/c1-33-23-11-12-25(27(18-23)34-2)29-26-19-31(16-14-22(26)17-28(35-3)30(29)32)15-13-21-9-6-8-20-7-4-5-10-24(20)21/h4-12,17-18,32H,13-16,19H2,1-3H3. The van der Waals surface area contributed by atoms with Gasteiger partial charge in [0.05, 0.1) is 21.3 Å². The number of aromatic hydroxyl groups is 1. The van der Waals surface area contributed by atoms with E-state index in [-0.39, 0.29) is 5.75 Å². The van der Waals surface area contributed by atoms with Gasteiger partial charge in [-0.15, -0.1) is 0 Å². The first-order valence-electron chi connectivity index (χ1n) is 12.0. The van der Waals surface area contributed by atoms with Crippen molar-refractivity contribution < 1.29 is 19.3 Å². The molecule has 0 fully saturated rings. The SMILES string of the molecule is COc1ccc(-c2c(O)c(OC)cc3c2CN(CCc2cccc4ccccc24)CC3)c(OC)c1. The van der Waals surface area contributed by atoms with Crippen LogP contribution in [-0.4, -0.2) is 44.4 Å². The van der Waals surface area contributed by atoms with E-state index in [2.05, 4.69) is 47.4 Å². The number of nitrogens with zero attached hydrogens (tertiary/aromatic N) is 1. The monoisotopic (exact) mass is 469 g/mol. The Balaban J connectivity index is 1.49. The lowest BCUT2D eigenvalue weighted by molar-refractivity contribution is 0.256. The molecule has 5 heteroatoms. The number of methoxy groups -OCH3 is 3. The number of benzene rings is 4. The Bertz CT molecular complexity index is 1360. The van der Waals surface area contributed by atoms with Crippen LogP contribution in [0.4, 0.5) is 0 Å². The van der Waals surface area contributed by atoms with Crippen LogP contribution in [0.25, 0.3) is 21.9 Å². The van der Waals surface area contributed by atoms with Crippen LogP contribution in [0, 0.1) is 0 Å². The molecular formula is C30H31NO4.